The van der Waals surface area contributed by atoms with Gasteiger partial charge in [-0.25, -0.2) is 9.48 Å². The number of nitrogens with one attached hydrogen (secondary N) is 1. The van der Waals surface area contributed by atoms with E-state index in [1.807, 2.05) is 31.2 Å². The highest BCUT2D eigenvalue weighted by atomic mass is 16.5. The second-order valence-corrected chi connectivity index (χ2v) is 4.46. The summed E-state index contributed by atoms with van der Waals surface area (Å²) in [5, 5.41) is 18.4. The maximum Gasteiger partial charge on any atom is 0.358 e. The Bertz CT molecular complexity index is 651. The molecular weight excluding hydrogens is 288 g/mol. The number of aromatic carboxylic acids is 1. The normalized spacial score (nSPS) is 10.2. The van der Waals surface area contributed by atoms with Crippen molar-refractivity contribution in [3.05, 3.63) is 41.7 Å². The van der Waals surface area contributed by atoms with Crippen LogP contribution < -0.4 is 10.1 Å². The number of rotatable bonds is 7. The van der Waals surface area contributed by atoms with Crippen LogP contribution in [0.2, 0.25) is 0 Å². The third kappa shape index (κ3) is 4.30. The number of carbonyl (C=O) groups is 2. The van der Waals surface area contributed by atoms with Gasteiger partial charge in [-0.1, -0.05) is 17.3 Å². The fourth-order valence-corrected chi connectivity index (χ4v) is 1.75. The van der Waals surface area contributed by atoms with Crippen molar-refractivity contribution in [1.82, 2.24) is 20.3 Å². The van der Waals surface area contributed by atoms with Gasteiger partial charge in [-0.3, -0.25) is 4.79 Å². The number of ether oxygens (including phenoxy) is 1. The molecule has 1 amide bonds. The molecule has 2 N–H and O–H groups in total. The van der Waals surface area contributed by atoms with Crippen molar-refractivity contribution in [3.63, 3.8) is 0 Å². The van der Waals surface area contributed by atoms with Crippen molar-refractivity contribution >= 4 is 11.9 Å². The van der Waals surface area contributed by atoms with Crippen molar-refractivity contribution in [2.45, 2.75) is 20.0 Å². The zero-order valence-corrected chi connectivity index (χ0v) is 12.0. The van der Waals surface area contributed by atoms with Gasteiger partial charge in [0.05, 0.1) is 12.8 Å². The lowest BCUT2D eigenvalue weighted by molar-refractivity contribution is -0.122. The van der Waals surface area contributed by atoms with Gasteiger partial charge in [0.1, 0.15) is 12.3 Å². The van der Waals surface area contributed by atoms with Crippen LogP contribution in [0, 0.1) is 0 Å². The van der Waals surface area contributed by atoms with Crippen LogP contribution in [0.3, 0.4) is 0 Å². The van der Waals surface area contributed by atoms with Crippen LogP contribution in [0.15, 0.2) is 30.5 Å². The summed E-state index contributed by atoms with van der Waals surface area (Å²) in [6.45, 7) is 2.80. The van der Waals surface area contributed by atoms with E-state index >= 15 is 0 Å². The molecule has 1 aromatic heterocycles. The van der Waals surface area contributed by atoms with E-state index < -0.39 is 5.97 Å². The number of aromatic nitrogens is 3. The average Bonchev–Trinajstić information content (AvgIpc) is 2.95. The number of amides is 1. The summed E-state index contributed by atoms with van der Waals surface area (Å²) in [4.78, 5) is 22.4. The zero-order chi connectivity index (χ0) is 15.9. The monoisotopic (exact) mass is 304 g/mol. The van der Waals surface area contributed by atoms with Crippen molar-refractivity contribution in [1.29, 1.82) is 0 Å². The van der Waals surface area contributed by atoms with E-state index in [4.69, 9.17) is 9.84 Å². The van der Waals surface area contributed by atoms with E-state index in [9.17, 15) is 9.59 Å². The van der Waals surface area contributed by atoms with E-state index in [0.717, 1.165) is 11.3 Å². The summed E-state index contributed by atoms with van der Waals surface area (Å²) < 4.78 is 6.51. The molecule has 0 radical (unpaired) electrons. The van der Waals surface area contributed by atoms with Gasteiger partial charge >= 0.3 is 5.97 Å². The lowest BCUT2D eigenvalue weighted by Crippen LogP contribution is -2.27. The molecular formula is C14H16N4O4. The molecule has 2 aromatic rings. The number of benzene rings is 1. The highest BCUT2D eigenvalue weighted by Crippen LogP contribution is 2.11. The summed E-state index contributed by atoms with van der Waals surface area (Å²) in [6.07, 6.45) is 1.21. The van der Waals surface area contributed by atoms with Gasteiger partial charge in [-0.2, -0.15) is 0 Å². The quantitative estimate of drug-likeness (QED) is 0.779. The lowest BCUT2D eigenvalue weighted by Gasteiger charge is -2.07. The second kappa shape index (κ2) is 7.21. The molecule has 0 unspecified atom stereocenters. The topological polar surface area (TPSA) is 106 Å². The lowest BCUT2D eigenvalue weighted by atomic mass is 10.2. The molecule has 0 saturated carbocycles. The molecule has 2 rings (SSSR count). The van der Waals surface area contributed by atoms with Crippen molar-refractivity contribution in [2.75, 3.05) is 6.61 Å². The third-order valence-corrected chi connectivity index (χ3v) is 2.79. The number of hydrogen-bond donors (Lipinski definition) is 2. The number of carboxylic acid groups (broad SMARTS) is 1. The molecule has 8 nitrogen and oxygen atoms in total. The number of carbonyl (C=O) groups excluding carboxylic acids is 1. The summed E-state index contributed by atoms with van der Waals surface area (Å²) in [5.41, 5.74) is 0.737. The standard InChI is InChI=1S/C14H16N4O4/c1-2-22-11-5-3-10(4-6-11)7-15-13(19)9-18-8-12(14(20)21)16-17-18/h3-6,8H,2,7,9H2,1H3,(H,15,19)(H,20,21). The van der Waals surface area contributed by atoms with Gasteiger partial charge in [0, 0.05) is 6.54 Å². The van der Waals surface area contributed by atoms with E-state index in [1.165, 1.54) is 10.9 Å². The van der Waals surface area contributed by atoms with Crippen LogP contribution in [-0.2, 0) is 17.9 Å². The molecule has 22 heavy (non-hydrogen) atoms. The van der Waals surface area contributed by atoms with E-state index in [-0.39, 0.29) is 18.1 Å². The number of nitrogens with zero attached hydrogens (tertiary/aromatic N) is 3. The summed E-state index contributed by atoms with van der Waals surface area (Å²) >= 11 is 0. The Labute approximate surface area is 126 Å². The van der Waals surface area contributed by atoms with Crippen LogP contribution in [-0.4, -0.2) is 38.6 Å². The smallest absolute Gasteiger partial charge is 0.358 e. The van der Waals surface area contributed by atoms with E-state index in [1.54, 1.807) is 0 Å². The molecule has 0 saturated heterocycles. The van der Waals surface area contributed by atoms with Crippen LogP contribution in [0.1, 0.15) is 23.0 Å². The van der Waals surface area contributed by atoms with Crippen LogP contribution in [0.5, 0.6) is 5.75 Å². The maximum absolute atomic E-state index is 11.8. The Morgan fingerprint density at radius 2 is 2.05 bits per heavy atom. The highest BCUT2D eigenvalue weighted by Gasteiger charge is 2.10. The van der Waals surface area contributed by atoms with Gasteiger partial charge in [-0.05, 0) is 24.6 Å². The highest BCUT2D eigenvalue weighted by molar-refractivity contribution is 5.84. The Morgan fingerprint density at radius 3 is 2.64 bits per heavy atom. The Balaban J connectivity index is 1.82. The van der Waals surface area contributed by atoms with Gasteiger partial charge in [0.15, 0.2) is 5.69 Å². The van der Waals surface area contributed by atoms with Gasteiger partial charge < -0.3 is 15.2 Å². The van der Waals surface area contributed by atoms with Gasteiger partial charge in [0.25, 0.3) is 0 Å². The molecule has 116 valence electrons. The number of hydrogen-bond acceptors (Lipinski definition) is 5. The summed E-state index contributed by atoms with van der Waals surface area (Å²) in [5.74, 6) is -0.682. The minimum atomic E-state index is -1.18. The minimum absolute atomic E-state index is 0.0860. The molecule has 0 aliphatic carbocycles. The average molecular weight is 304 g/mol. The first kappa shape index (κ1) is 15.5. The van der Waals surface area contributed by atoms with Crippen molar-refractivity contribution in [3.8, 4) is 5.75 Å². The Kier molecular flexibility index (Phi) is 5.07. The first-order valence-electron chi connectivity index (χ1n) is 6.70. The molecule has 8 heteroatoms. The predicted molar refractivity (Wildman–Crippen MR) is 76.4 cm³/mol. The van der Waals surface area contributed by atoms with Crippen molar-refractivity contribution in [2.24, 2.45) is 0 Å². The largest absolute Gasteiger partial charge is 0.494 e. The van der Waals surface area contributed by atoms with Gasteiger partial charge in [-0.15, -0.1) is 5.10 Å². The van der Waals surface area contributed by atoms with Crippen LogP contribution in [0.25, 0.3) is 0 Å². The van der Waals surface area contributed by atoms with Crippen molar-refractivity contribution < 1.29 is 19.4 Å². The molecule has 0 fully saturated rings. The SMILES string of the molecule is CCOc1ccc(CNC(=O)Cn2cc(C(=O)O)nn2)cc1. The fraction of sp³-hybridized carbons (Fsp3) is 0.286. The minimum Gasteiger partial charge on any atom is -0.494 e. The molecule has 1 heterocycles. The molecule has 0 bridgehead atoms. The molecule has 1 aromatic carbocycles. The Morgan fingerprint density at radius 1 is 1.32 bits per heavy atom. The van der Waals surface area contributed by atoms with Crippen LogP contribution >= 0.6 is 0 Å². The van der Waals surface area contributed by atoms with Crippen LogP contribution in [0.4, 0.5) is 0 Å². The molecule has 0 atom stereocenters. The van der Waals surface area contributed by atoms with E-state index in [2.05, 4.69) is 15.6 Å². The maximum atomic E-state index is 11.8. The summed E-state index contributed by atoms with van der Waals surface area (Å²) in [6, 6.07) is 7.40. The number of carboxylic acids is 1. The fourth-order valence-electron chi connectivity index (χ4n) is 1.75. The zero-order valence-electron chi connectivity index (χ0n) is 12.0. The second-order valence-electron chi connectivity index (χ2n) is 4.46. The first-order valence-corrected chi connectivity index (χ1v) is 6.70. The third-order valence-electron chi connectivity index (χ3n) is 2.79. The Hall–Kier alpha value is -2.90. The van der Waals surface area contributed by atoms with E-state index in [0.29, 0.717) is 13.2 Å². The van der Waals surface area contributed by atoms with Gasteiger partial charge in [0.2, 0.25) is 5.91 Å². The summed E-state index contributed by atoms with van der Waals surface area (Å²) in [7, 11) is 0. The molecule has 0 aliphatic heterocycles. The predicted octanol–water partition coefficient (Wildman–Crippen LogP) is 0.691. The molecule has 0 spiro atoms. The first-order chi connectivity index (χ1) is 10.6. The molecule has 0 aliphatic rings.